The Morgan fingerprint density at radius 3 is 2.14 bits per heavy atom. The van der Waals surface area contributed by atoms with Gasteiger partial charge < -0.3 is 0 Å². The van der Waals surface area contributed by atoms with Gasteiger partial charge in [-0.2, -0.15) is 0 Å². The summed E-state index contributed by atoms with van der Waals surface area (Å²) in [5, 5.41) is 0. The Kier molecular flexibility index (Phi) is 5.49. The molecule has 0 saturated heterocycles. The molecule has 0 nitrogen and oxygen atoms in total. The molecule has 1 heteroatoms. The summed E-state index contributed by atoms with van der Waals surface area (Å²) in [7, 11) is 0. The van der Waals surface area contributed by atoms with Crippen molar-refractivity contribution in [2.24, 2.45) is 0 Å². The third kappa shape index (κ3) is 4.65. The van der Waals surface area contributed by atoms with Gasteiger partial charge in [-0.3, -0.25) is 0 Å². The van der Waals surface area contributed by atoms with Gasteiger partial charge in [0, 0.05) is 0 Å². The summed E-state index contributed by atoms with van der Waals surface area (Å²) in [6, 6.07) is 0. The van der Waals surface area contributed by atoms with Crippen LogP contribution in [-0.4, -0.2) is 20.9 Å². The van der Waals surface area contributed by atoms with E-state index in [1.54, 1.807) is 0 Å². The molecule has 1 unspecified atom stereocenters. The van der Waals surface area contributed by atoms with Crippen LogP contribution in [0.5, 0.6) is 0 Å². The van der Waals surface area contributed by atoms with Crippen LogP contribution in [0, 0.1) is 0 Å². The van der Waals surface area contributed by atoms with E-state index in [0.29, 0.717) is 20.9 Å². The topological polar surface area (TPSA) is 0 Å². The fraction of sp³-hybridized carbons (Fsp3) is 1.00. The quantitative estimate of drug-likeness (QED) is 0.632. The van der Waals surface area contributed by atoms with Crippen molar-refractivity contribution in [2.75, 3.05) is 0 Å². The van der Waals surface area contributed by atoms with E-state index >= 15 is 0 Å². The molecule has 1 radical (unpaired) electrons. The third-order valence-electron chi connectivity index (χ3n) is 1.03. The molecule has 0 aliphatic heterocycles. The van der Waals surface area contributed by atoms with E-state index in [-0.39, 0.29) is 0 Å². The second-order valence-corrected chi connectivity index (χ2v) is 6.57. The summed E-state index contributed by atoms with van der Waals surface area (Å²) in [5.74, 6) is 0. The van der Waals surface area contributed by atoms with Crippen molar-refractivity contribution >= 4 is 20.9 Å². The average Bonchev–Trinajstić information content (AvgIpc) is 1.68. The molecule has 0 amide bonds. The van der Waals surface area contributed by atoms with Gasteiger partial charge in [0.25, 0.3) is 0 Å². The van der Waals surface area contributed by atoms with Gasteiger partial charge in [0.1, 0.15) is 0 Å². The van der Waals surface area contributed by atoms with Crippen molar-refractivity contribution in [3.8, 4) is 0 Å². The summed E-state index contributed by atoms with van der Waals surface area (Å²) in [4.78, 5) is 0. The van der Waals surface area contributed by atoms with E-state index in [2.05, 4.69) is 20.8 Å². The molecule has 1 atom stereocenters. The molecule has 0 aliphatic rings. The van der Waals surface area contributed by atoms with E-state index in [0.717, 1.165) is 3.97 Å². The van der Waals surface area contributed by atoms with Gasteiger partial charge >= 0.3 is 56.5 Å². The van der Waals surface area contributed by atoms with Gasteiger partial charge in [0.05, 0.1) is 0 Å². The van der Waals surface area contributed by atoms with Crippen molar-refractivity contribution in [1.82, 2.24) is 0 Å². The van der Waals surface area contributed by atoms with Crippen LogP contribution in [0.4, 0.5) is 0 Å². The third-order valence-corrected chi connectivity index (χ3v) is 4.55. The van der Waals surface area contributed by atoms with Crippen molar-refractivity contribution < 1.29 is 0 Å². The van der Waals surface area contributed by atoms with Crippen LogP contribution in [0.15, 0.2) is 0 Å². The Morgan fingerprint density at radius 2 is 2.00 bits per heavy atom. The van der Waals surface area contributed by atoms with Crippen molar-refractivity contribution in [3.63, 3.8) is 0 Å². The van der Waals surface area contributed by atoms with Gasteiger partial charge in [-0.15, -0.1) is 0 Å². The van der Waals surface area contributed by atoms with Crippen LogP contribution in [-0.2, 0) is 0 Å². The molecule has 0 rings (SSSR count). The second kappa shape index (κ2) is 4.94. The Morgan fingerprint density at radius 1 is 1.43 bits per heavy atom. The van der Waals surface area contributed by atoms with E-state index < -0.39 is 0 Å². The van der Waals surface area contributed by atoms with E-state index in [4.69, 9.17) is 0 Å². The molecule has 0 aromatic carbocycles. The fourth-order valence-corrected chi connectivity index (χ4v) is 2.70. The second-order valence-electron chi connectivity index (χ2n) is 1.67. The van der Waals surface area contributed by atoms with E-state index in [1.807, 2.05) is 0 Å². The molecular weight excluding hydrogens is 200 g/mol. The van der Waals surface area contributed by atoms with Crippen LogP contribution in [0.25, 0.3) is 0 Å². The Bertz CT molecular complexity index is 35.2. The average molecular weight is 214 g/mol. The van der Waals surface area contributed by atoms with Crippen molar-refractivity contribution in [1.29, 1.82) is 0 Å². The standard InChI is InChI=1S/C6H14Te/c1-4-6(3)7-5-2/h6H,4-5H2,1-3H3/q+1. The number of hydrogen-bond donors (Lipinski definition) is 0. The Labute approximate surface area is 56.8 Å². The summed E-state index contributed by atoms with van der Waals surface area (Å²) in [5.41, 5.74) is 0. The van der Waals surface area contributed by atoms with Gasteiger partial charge in [-0.1, -0.05) is 0 Å². The molecule has 0 aromatic rings. The first-order valence-corrected chi connectivity index (χ1v) is 5.92. The summed E-state index contributed by atoms with van der Waals surface area (Å²) in [6.45, 7) is 6.95. The van der Waals surface area contributed by atoms with Gasteiger partial charge in [-0.25, -0.2) is 0 Å². The van der Waals surface area contributed by atoms with Gasteiger partial charge in [0.15, 0.2) is 0 Å². The number of rotatable bonds is 3. The zero-order valence-corrected chi connectivity index (χ0v) is 7.73. The Hall–Kier alpha value is 0.790. The first-order valence-electron chi connectivity index (χ1n) is 2.92. The monoisotopic (exact) mass is 216 g/mol. The zero-order chi connectivity index (χ0) is 5.70. The maximum absolute atomic E-state index is 2.37. The number of hydrogen-bond acceptors (Lipinski definition) is 0. The predicted octanol–water partition coefficient (Wildman–Crippen LogP) is 2.35. The van der Waals surface area contributed by atoms with Crippen LogP contribution in [0.3, 0.4) is 0 Å². The molecule has 7 heavy (non-hydrogen) atoms. The van der Waals surface area contributed by atoms with E-state index in [9.17, 15) is 0 Å². The fourth-order valence-electron chi connectivity index (χ4n) is 0.402. The predicted molar refractivity (Wildman–Crippen MR) is 35.9 cm³/mol. The molecule has 0 spiro atoms. The normalized spacial score (nSPS) is 14.1. The molecular formula is C6H14Te+. The molecule has 0 fully saturated rings. The van der Waals surface area contributed by atoms with Crippen molar-refractivity contribution in [3.05, 3.63) is 0 Å². The zero-order valence-electron chi connectivity index (χ0n) is 5.40. The summed E-state index contributed by atoms with van der Waals surface area (Å²) < 4.78 is 2.55. The molecule has 0 aromatic heterocycles. The van der Waals surface area contributed by atoms with E-state index in [1.165, 1.54) is 10.9 Å². The first kappa shape index (κ1) is 7.79. The summed E-state index contributed by atoms with van der Waals surface area (Å²) in [6.07, 6.45) is 1.40. The van der Waals surface area contributed by atoms with Crippen LogP contribution in [0.1, 0.15) is 27.2 Å². The molecule has 0 heterocycles. The van der Waals surface area contributed by atoms with Crippen LogP contribution < -0.4 is 0 Å². The van der Waals surface area contributed by atoms with Crippen LogP contribution >= 0.6 is 0 Å². The summed E-state index contributed by atoms with van der Waals surface area (Å²) >= 11 is 0.413. The van der Waals surface area contributed by atoms with Crippen LogP contribution in [0.2, 0.25) is 8.43 Å². The van der Waals surface area contributed by atoms with Gasteiger partial charge in [0.2, 0.25) is 0 Å². The molecule has 43 valence electrons. The molecule has 0 saturated carbocycles. The maximum atomic E-state index is 2.37. The minimum absolute atomic E-state index is 0.413. The van der Waals surface area contributed by atoms with Crippen molar-refractivity contribution in [2.45, 2.75) is 35.6 Å². The molecule has 0 bridgehead atoms. The molecule has 0 aliphatic carbocycles. The Balaban J connectivity index is 2.83. The van der Waals surface area contributed by atoms with Gasteiger partial charge in [-0.05, 0) is 0 Å². The molecule has 0 N–H and O–H groups in total. The SMILES string of the molecule is CC[Te+]C(C)CC. The minimum atomic E-state index is 0.413. The first-order chi connectivity index (χ1) is 3.31.